The van der Waals surface area contributed by atoms with E-state index in [9.17, 15) is 14.4 Å². The molecule has 0 bridgehead atoms. The van der Waals surface area contributed by atoms with E-state index in [0.29, 0.717) is 39.9 Å². The Labute approximate surface area is 283 Å². The Morgan fingerprint density at radius 3 is 1.98 bits per heavy atom. The molecular formula is C38H32ClN3O4S. The van der Waals surface area contributed by atoms with Crippen LogP contribution in [0.1, 0.15) is 33.7 Å². The van der Waals surface area contributed by atoms with Gasteiger partial charge in [0, 0.05) is 26.9 Å². The zero-order valence-electron chi connectivity index (χ0n) is 25.5. The Bertz CT molecular complexity index is 1830. The summed E-state index contributed by atoms with van der Waals surface area (Å²) in [6, 6.07) is 39.6. The van der Waals surface area contributed by atoms with Crippen molar-refractivity contribution in [3.8, 4) is 5.75 Å². The first-order valence-corrected chi connectivity index (χ1v) is 16.1. The van der Waals surface area contributed by atoms with Crippen LogP contribution in [0, 0.1) is 0 Å². The van der Waals surface area contributed by atoms with Crippen molar-refractivity contribution in [1.29, 1.82) is 0 Å². The van der Waals surface area contributed by atoms with E-state index in [1.54, 1.807) is 78.9 Å². The van der Waals surface area contributed by atoms with Crippen molar-refractivity contribution < 1.29 is 19.1 Å². The largest absolute Gasteiger partial charge is 0.494 e. The average molecular weight is 662 g/mol. The minimum atomic E-state index is -0.538. The van der Waals surface area contributed by atoms with Crippen molar-refractivity contribution in [1.82, 2.24) is 5.32 Å². The van der Waals surface area contributed by atoms with Gasteiger partial charge in [0.25, 0.3) is 11.8 Å². The highest BCUT2D eigenvalue weighted by Crippen LogP contribution is 2.37. The molecule has 236 valence electrons. The number of carbonyl (C=O) groups excluding carboxylic acids is 3. The van der Waals surface area contributed by atoms with Gasteiger partial charge in [0.1, 0.15) is 16.7 Å². The van der Waals surface area contributed by atoms with Crippen LogP contribution in [0.3, 0.4) is 0 Å². The van der Waals surface area contributed by atoms with Crippen molar-refractivity contribution in [2.45, 2.75) is 17.1 Å². The van der Waals surface area contributed by atoms with Crippen LogP contribution in [-0.2, 0) is 9.59 Å². The molecule has 3 N–H and O–H groups in total. The maximum Gasteiger partial charge on any atom is 0.272 e. The molecule has 0 aliphatic rings. The number of nitrogens with one attached hydrogen (secondary N) is 3. The average Bonchev–Trinajstić information content (AvgIpc) is 3.10. The van der Waals surface area contributed by atoms with Crippen LogP contribution >= 0.6 is 23.4 Å². The molecule has 0 saturated heterocycles. The van der Waals surface area contributed by atoms with Crippen LogP contribution in [0.25, 0.3) is 6.08 Å². The summed E-state index contributed by atoms with van der Waals surface area (Å²) in [6.07, 6.45) is 1.61. The lowest BCUT2D eigenvalue weighted by molar-refractivity contribution is -0.116. The molecule has 0 spiro atoms. The lowest BCUT2D eigenvalue weighted by Gasteiger charge is -2.17. The summed E-state index contributed by atoms with van der Waals surface area (Å²) >= 11 is 7.39. The molecule has 5 aromatic rings. The molecule has 1 atom stereocenters. The number of hydrogen-bond donors (Lipinski definition) is 3. The molecule has 0 aliphatic heterocycles. The smallest absolute Gasteiger partial charge is 0.272 e. The SMILES string of the molecule is CCOc1ccc(/C=C(\NC(=O)c2ccccc2)C(=O)Nc2ccc(SC(C(=O)Nc3ccc(Cl)cc3)c3ccccc3)cc2)cc1. The van der Waals surface area contributed by atoms with Gasteiger partial charge in [-0.25, -0.2) is 0 Å². The van der Waals surface area contributed by atoms with Crippen LogP contribution in [0.2, 0.25) is 5.02 Å². The molecule has 0 aliphatic carbocycles. The molecule has 9 heteroatoms. The summed E-state index contributed by atoms with van der Waals surface area (Å²) in [5.74, 6) is -0.375. The number of ether oxygens (including phenoxy) is 1. The molecule has 0 heterocycles. The Morgan fingerprint density at radius 2 is 1.34 bits per heavy atom. The van der Waals surface area contributed by atoms with Gasteiger partial charge in [-0.1, -0.05) is 72.3 Å². The Kier molecular flexibility index (Phi) is 11.5. The minimum absolute atomic E-state index is 0.0736. The summed E-state index contributed by atoms with van der Waals surface area (Å²) in [5.41, 5.74) is 3.22. The predicted molar refractivity (Wildman–Crippen MR) is 190 cm³/mol. The monoisotopic (exact) mass is 661 g/mol. The highest BCUT2D eigenvalue weighted by Gasteiger charge is 2.22. The standard InChI is InChI=1S/C38H32ClN3O4S/c1-2-46-32-21-13-26(14-22-32)25-34(42-36(43)28-11-7-4-8-12-28)37(44)40-31-19-23-33(24-20-31)47-35(27-9-5-3-6-10-27)38(45)41-30-17-15-29(39)16-18-30/h3-25,35H,2H2,1H3,(H,40,44)(H,41,45)(H,42,43)/b34-25-. The second kappa shape index (κ2) is 16.3. The highest BCUT2D eigenvalue weighted by molar-refractivity contribution is 8.00. The van der Waals surface area contributed by atoms with Crippen LogP contribution in [0.5, 0.6) is 5.75 Å². The third-order valence-electron chi connectivity index (χ3n) is 6.85. The first kappa shape index (κ1) is 33.1. The summed E-state index contributed by atoms with van der Waals surface area (Å²) in [5, 5.41) is 8.65. The molecule has 0 radical (unpaired) electrons. The fourth-order valence-corrected chi connectivity index (χ4v) is 5.68. The number of thioether (sulfide) groups is 1. The second-order valence-electron chi connectivity index (χ2n) is 10.3. The molecule has 1 unspecified atom stereocenters. The van der Waals surface area contributed by atoms with Crippen molar-refractivity contribution >= 4 is 58.5 Å². The van der Waals surface area contributed by atoms with Crippen LogP contribution in [-0.4, -0.2) is 24.3 Å². The van der Waals surface area contributed by atoms with E-state index in [1.807, 2.05) is 67.6 Å². The fraction of sp³-hybridized carbons (Fsp3) is 0.0789. The van der Waals surface area contributed by atoms with Gasteiger partial charge in [0.2, 0.25) is 5.91 Å². The highest BCUT2D eigenvalue weighted by atomic mass is 35.5. The first-order valence-electron chi connectivity index (χ1n) is 14.9. The van der Waals surface area contributed by atoms with Crippen molar-refractivity contribution in [2.75, 3.05) is 17.2 Å². The number of benzene rings is 5. The van der Waals surface area contributed by atoms with E-state index in [0.717, 1.165) is 10.5 Å². The van der Waals surface area contributed by atoms with Crippen molar-refractivity contribution in [3.05, 3.63) is 161 Å². The van der Waals surface area contributed by atoms with Crippen molar-refractivity contribution in [3.63, 3.8) is 0 Å². The van der Waals surface area contributed by atoms with E-state index in [4.69, 9.17) is 16.3 Å². The Hall–Kier alpha value is -5.31. The van der Waals surface area contributed by atoms with Gasteiger partial charge < -0.3 is 20.7 Å². The zero-order chi connectivity index (χ0) is 33.0. The van der Waals surface area contributed by atoms with E-state index in [1.165, 1.54) is 11.8 Å². The quantitative estimate of drug-likeness (QED) is 0.0919. The van der Waals surface area contributed by atoms with E-state index < -0.39 is 17.1 Å². The second-order valence-corrected chi connectivity index (χ2v) is 11.9. The third kappa shape index (κ3) is 9.59. The summed E-state index contributed by atoms with van der Waals surface area (Å²) in [4.78, 5) is 40.7. The number of carbonyl (C=O) groups is 3. The maximum atomic E-state index is 13.5. The van der Waals surface area contributed by atoms with Gasteiger partial charge >= 0.3 is 0 Å². The van der Waals surface area contributed by atoms with Gasteiger partial charge in [0.15, 0.2) is 0 Å². The zero-order valence-corrected chi connectivity index (χ0v) is 27.1. The van der Waals surface area contributed by atoms with Crippen LogP contribution in [0.15, 0.2) is 144 Å². The van der Waals surface area contributed by atoms with Gasteiger partial charge in [-0.05, 0) is 96.9 Å². The number of hydrogen-bond acceptors (Lipinski definition) is 5. The summed E-state index contributed by atoms with van der Waals surface area (Å²) in [7, 11) is 0. The van der Waals surface area contributed by atoms with Crippen molar-refractivity contribution in [2.24, 2.45) is 0 Å². The van der Waals surface area contributed by atoms with Gasteiger partial charge in [0.05, 0.1) is 6.61 Å². The summed E-state index contributed by atoms with van der Waals surface area (Å²) in [6.45, 7) is 2.44. The Balaban J connectivity index is 1.32. The lowest BCUT2D eigenvalue weighted by Crippen LogP contribution is -2.30. The molecule has 5 aromatic carbocycles. The first-order chi connectivity index (χ1) is 22.9. The summed E-state index contributed by atoms with van der Waals surface area (Å²) < 4.78 is 5.52. The van der Waals surface area contributed by atoms with E-state index in [-0.39, 0.29) is 11.6 Å². The molecular weight excluding hydrogens is 630 g/mol. The molecule has 5 rings (SSSR count). The third-order valence-corrected chi connectivity index (χ3v) is 8.37. The predicted octanol–water partition coefficient (Wildman–Crippen LogP) is 8.62. The molecule has 0 saturated carbocycles. The normalized spacial score (nSPS) is 11.7. The maximum absolute atomic E-state index is 13.5. The van der Waals surface area contributed by atoms with Gasteiger partial charge in [-0.15, -0.1) is 11.8 Å². The van der Waals surface area contributed by atoms with E-state index in [2.05, 4.69) is 16.0 Å². The van der Waals surface area contributed by atoms with Gasteiger partial charge in [-0.3, -0.25) is 14.4 Å². The molecule has 3 amide bonds. The van der Waals surface area contributed by atoms with Gasteiger partial charge in [-0.2, -0.15) is 0 Å². The Morgan fingerprint density at radius 1 is 0.745 bits per heavy atom. The van der Waals surface area contributed by atoms with Crippen LogP contribution < -0.4 is 20.7 Å². The molecule has 47 heavy (non-hydrogen) atoms. The lowest BCUT2D eigenvalue weighted by atomic mass is 10.1. The fourth-order valence-electron chi connectivity index (χ4n) is 4.53. The molecule has 0 aromatic heterocycles. The van der Waals surface area contributed by atoms with Crippen LogP contribution in [0.4, 0.5) is 11.4 Å². The van der Waals surface area contributed by atoms with E-state index >= 15 is 0 Å². The minimum Gasteiger partial charge on any atom is -0.494 e. The molecule has 7 nitrogen and oxygen atoms in total. The number of rotatable bonds is 12. The topological polar surface area (TPSA) is 96.5 Å². The number of halogens is 1. The number of anilines is 2. The molecule has 0 fully saturated rings. The number of amides is 3.